The molecule has 0 radical (unpaired) electrons. The van der Waals surface area contributed by atoms with Crippen LogP contribution in [0.2, 0.25) is 10.0 Å². The first-order valence-corrected chi connectivity index (χ1v) is 11.7. The molecule has 0 fully saturated rings. The number of rotatable bonds is 4. The SMILES string of the molecule is O=c1[nH]c(CSc2n[nH]c(-c3ccc(Cl)cc3Cl)n2)nc2sc3c(c12)CCCC3. The van der Waals surface area contributed by atoms with E-state index in [-0.39, 0.29) is 5.56 Å². The van der Waals surface area contributed by atoms with Gasteiger partial charge in [0.2, 0.25) is 5.16 Å². The summed E-state index contributed by atoms with van der Waals surface area (Å²) in [5.41, 5.74) is 1.88. The van der Waals surface area contributed by atoms with E-state index in [0.29, 0.717) is 32.6 Å². The molecule has 29 heavy (non-hydrogen) atoms. The maximum atomic E-state index is 12.6. The first-order chi connectivity index (χ1) is 14.1. The first kappa shape index (κ1) is 19.1. The zero-order valence-electron chi connectivity index (χ0n) is 15.1. The summed E-state index contributed by atoms with van der Waals surface area (Å²) in [5.74, 6) is 1.67. The van der Waals surface area contributed by atoms with Gasteiger partial charge >= 0.3 is 0 Å². The Bertz CT molecular complexity index is 1280. The van der Waals surface area contributed by atoms with E-state index in [1.54, 1.807) is 29.5 Å². The number of aromatic amines is 2. The van der Waals surface area contributed by atoms with Crippen LogP contribution in [0.15, 0.2) is 28.2 Å². The normalized spacial score (nSPS) is 13.7. The molecule has 3 aromatic heterocycles. The van der Waals surface area contributed by atoms with Crippen molar-refractivity contribution in [3.63, 3.8) is 0 Å². The zero-order chi connectivity index (χ0) is 20.0. The van der Waals surface area contributed by atoms with E-state index in [2.05, 4.69) is 25.1 Å². The molecule has 1 aliphatic rings. The molecule has 0 saturated carbocycles. The van der Waals surface area contributed by atoms with Crippen molar-refractivity contribution in [1.29, 1.82) is 0 Å². The van der Waals surface area contributed by atoms with Gasteiger partial charge in [0, 0.05) is 15.5 Å². The molecule has 0 unspecified atom stereocenters. The van der Waals surface area contributed by atoms with Crippen molar-refractivity contribution in [2.45, 2.75) is 36.6 Å². The minimum atomic E-state index is -0.0476. The Morgan fingerprint density at radius 2 is 2.03 bits per heavy atom. The van der Waals surface area contributed by atoms with Crippen LogP contribution in [0.4, 0.5) is 0 Å². The molecular weight excluding hydrogens is 449 g/mol. The Labute approximate surface area is 184 Å². The van der Waals surface area contributed by atoms with E-state index in [9.17, 15) is 4.79 Å². The molecule has 4 aromatic rings. The van der Waals surface area contributed by atoms with Gasteiger partial charge in [-0.25, -0.2) is 9.97 Å². The van der Waals surface area contributed by atoms with Gasteiger partial charge in [-0.3, -0.25) is 9.89 Å². The lowest BCUT2D eigenvalue weighted by Gasteiger charge is -2.09. The summed E-state index contributed by atoms with van der Waals surface area (Å²) < 4.78 is 0. The highest BCUT2D eigenvalue weighted by molar-refractivity contribution is 7.98. The summed E-state index contributed by atoms with van der Waals surface area (Å²) in [6.45, 7) is 0. The highest BCUT2D eigenvalue weighted by Crippen LogP contribution is 2.34. The average molecular weight is 464 g/mol. The third kappa shape index (κ3) is 3.70. The average Bonchev–Trinajstić information content (AvgIpc) is 3.30. The van der Waals surface area contributed by atoms with Crippen LogP contribution < -0.4 is 5.56 Å². The molecule has 0 atom stereocenters. The van der Waals surface area contributed by atoms with E-state index < -0.39 is 0 Å². The van der Waals surface area contributed by atoms with Gasteiger partial charge in [-0.2, -0.15) is 0 Å². The van der Waals surface area contributed by atoms with Crippen LogP contribution in [0.5, 0.6) is 0 Å². The standard InChI is InChI=1S/C19H15Cl2N5OS2/c20-9-5-6-10(12(21)7-9)16-24-19(26-25-16)28-8-14-22-17(27)15-11-3-1-2-4-13(11)29-18(15)23-14/h5-7H,1-4,8H2,(H,22,23,27)(H,24,25,26). The Hall–Kier alpha value is -1.87. The number of benzene rings is 1. The molecule has 1 aromatic carbocycles. The Morgan fingerprint density at radius 1 is 1.17 bits per heavy atom. The minimum Gasteiger partial charge on any atom is -0.309 e. The number of H-pyrrole nitrogens is 2. The quantitative estimate of drug-likeness (QED) is 0.403. The smallest absolute Gasteiger partial charge is 0.259 e. The topological polar surface area (TPSA) is 87.3 Å². The molecule has 1 aliphatic carbocycles. The van der Waals surface area contributed by atoms with Crippen LogP contribution in [0.1, 0.15) is 29.1 Å². The number of nitrogens with one attached hydrogen (secondary N) is 2. The molecular formula is C19H15Cl2N5OS2. The molecule has 3 heterocycles. The Balaban J connectivity index is 1.37. The van der Waals surface area contributed by atoms with Gasteiger partial charge in [0.25, 0.3) is 5.56 Å². The third-order valence-corrected chi connectivity index (χ3v) is 7.46. The third-order valence-electron chi connectivity index (χ3n) is 4.86. The summed E-state index contributed by atoms with van der Waals surface area (Å²) in [6, 6.07) is 5.21. The van der Waals surface area contributed by atoms with Crippen molar-refractivity contribution >= 4 is 56.5 Å². The van der Waals surface area contributed by atoms with Gasteiger partial charge in [-0.15, -0.1) is 16.4 Å². The van der Waals surface area contributed by atoms with Gasteiger partial charge in [-0.05, 0) is 49.4 Å². The van der Waals surface area contributed by atoms with E-state index >= 15 is 0 Å². The molecule has 10 heteroatoms. The fourth-order valence-electron chi connectivity index (χ4n) is 3.52. The lowest BCUT2D eigenvalue weighted by molar-refractivity contribution is 0.700. The van der Waals surface area contributed by atoms with Gasteiger partial charge in [0.1, 0.15) is 10.7 Å². The maximum absolute atomic E-state index is 12.6. The van der Waals surface area contributed by atoms with Crippen LogP contribution in [0.3, 0.4) is 0 Å². The van der Waals surface area contributed by atoms with Gasteiger partial charge in [0.15, 0.2) is 5.82 Å². The minimum absolute atomic E-state index is 0.0476. The molecule has 0 aliphatic heterocycles. The number of halogens is 2. The van der Waals surface area contributed by atoms with Crippen LogP contribution in [-0.2, 0) is 18.6 Å². The summed E-state index contributed by atoms with van der Waals surface area (Å²) in [6.07, 6.45) is 4.35. The van der Waals surface area contributed by atoms with Crippen molar-refractivity contribution in [2.24, 2.45) is 0 Å². The fraction of sp³-hybridized carbons (Fsp3) is 0.263. The second-order valence-electron chi connectivity index (χ2n) is 6.78. The van der Waals surface area contributed by atoms with Gasteiger partial charge < -0.3 is 4.98 Å². The zero-order valence-corrected chi connectivity index (χ0v) is 18.2. The molecule has 0 saturated heterocycles. The van der Waals surface area contributed by atoms with Crippen molar-refractivity contribution in [2.75, 3.05) is 0 Å². The highest BCUT2D eigenvalue weighted by atomic mass is 35.5. The van der Waals surface area contributed by atoms with Crippen LogP contribution in [-0.4, -0.2) is 25.1 Å². The summed E-state index contributed by atoms with van der Waals surface area (Å²) in [4.78, 5) is 26.9. The number of aryl methyl sites for hydroxylation is 2. The van der Waals surface area contributed by atoms with Crippen molar-refractivity contribution in [3.8, 4) is 11.4 Å². The number of hydrogen-bond acceptors (Lipinski definition) is 6. The number of nitrogens with zero attached hydrogens (tertiary/aromatic N) is 3. The largest absolute Gasteiger partial charge is 0.309 e. The molecule has 5 rings (SSSR count). The lowest BCUT2D eigenvalue weighted by atomic mass is 9.97. The molecule has 0 amide bonds. The van der Waals surface area contributed by atoms with Crippen LogP contribution in [0, 0.1) is 0 Å². The van der Waals surface area contributed by atoms with Crippen molar-refractivity contribution in [3.05, 3.63) is 54.9 Å². The molecule has 6 nitrogen and oxygen atoms in total. The van der Waals surface area contributed by atoms with Gasteiger partial charge in [-0.1, -0.05) is 35.0 Å². The second kappa shape index (κ2) is 7.75. The van der Waals surface area contributed by atoms with E-state index in [0.717, 1.165) is 35.0 Å². The molecule has 2 N–H and O–H groups in total. The molecule has 0 bridgehead atoms. The van der Waals surface area contributed by atoms with Crippen molar-refractivity contribution in [1.82, 2.24) is 25.1 Å². The monoisotopic (exact) mass is 463 g/mol. The van der Waals surface area contributed by atoms with E-state index in [1.807, 2.05) is 0 Å². The Morgan fingerprint density at radius 3 is 2.90 bits per heavy atom. The number of thiophene rings is 1. The number of fused-ring (bicyclic) bond motifs is 3. The van der Waals surface area contributed by atoms with E-state index in [1.165, 1.54) is 28.6 Å². The summed E-state index contributed by atoms with van der Waals surface area (Å²) >= 11 is 15.2. The van der Waals surface area contributed by atoms with Crippen LogP contribution in [0.25, 0.3) is 21.6 Å². The fourth-order valence-corrected chi connectivity index (χ4v) is 5.97. The highest BCUT2D eigenvalue weighted by Gasteiger charge is 2.20. The predicted octanol–water partition coefficient (Wildman–Crippen LogP) is 5.25. The van der Waals surface area contributed by atoms with Gasteiger partial charge in [0.05, 0.1) is 16.2 Å². The summed E-state index contributed by atoms with van der Waals surface area (Å²) in [5, 5.41) is 9.52. The predicted molar refractivity (Wildman–Crippen MR) is 118 cm³/mol. The lowest BCUT2D eigenvalue weighted by Crippen LogP contribution is -2.12. The molecule has 0 spiro atoms. The number of thioether (sulfide) groups is 1. The number of aromatic nitrogens is 5. The van der Waals surface area contributed by atoms with Crippen LogP contribution >= 0.6 is 46.3 Å². The Kier molecular flexibility index (Phi) is 5.11. The maximum Gasteiger partial charge on any atom is 0.259 e. The van der Waals surface area contributed by atoms with E-state index in [4.69, 9.17) is 23.2 Å². The second-order valence-corrected chi connectivity index (χ2v) is 9.65. The summed E-state index contributed by atoms with van der Waals surface area (Å²) in [7, 11) is 0. The van der Waals surface area contributed by atoms with Crippen molar-refractivity contribution < 1.29 is 0 Å². The number of hydrogen-bond donors (Lipinski definition) is 2. The molecule has 148 valence electrons. The first-order valence-electron chi connectivity index (χ1n) is 9.12.